The Morgan fingerprint density at radius 1 is 0.964 bits per heavy atom. The number of hydrogen-bond acceptors (Lipinski definition) is 5. The number of ether oxygens (including phenoxy) is 2. The minimum Gasteiger partial charge on any atom is -0.497 e. The van der Waals surface area contributed by atoms with Gasteiger partial charge in [0.05, 0.1) is 18.0 Å². The monoisotopic (exact) mass is 405 g/mol. The van der Waals surface area contributed by atoms with Crippen molar-refractivity contribution in [3.05, 3.63) is 54.1 Å². The van der Waals surface area contributed by atoms with Gasteiger partial charge < -0.3 is 14.8 Å². The zero-order valence-electron chi connectivity index (χ0n) is 16.6. The van der Waals surface area contributed by atoms with Gasteiger partial charge in [-0.2, -0.15) is 0 Å². The largest absolute Gasteiger partial charge is 0.497 e. The van der Waals surface area contributed by atoms with E-state index in [1.165, 1.54) is 6.26 Å². The summed E-state index contributed by atoms with van der Waals surface area (Å²) in [4.78, 5) is 13.0. The molecule has 2 atom stereocenters. The summed E-state index contributed by atoms with van der Waals surface area (Å²) in [6.45, 7) is 3.84. The third-order valence-corrected chi connectivity index (χ3v) is 5.56. The van der Waals surface area contributed by atoms with Gasteiger partial charge in [-0.15, -0.1) is 0 Å². The van der Waals surface area contributed by atoms with Crippen molar-refractivity contribution in [1.29, 1.82) is 0 Å². The van der Waals surface area contributed by atoms with Gasteiger partial charge in [0, 0.05) is 6.26 Å². The Labute approximate surface area is 166 Å². The molecule has 0 bridgehead atoms. The number of sulfone groups is 1. The van der Waals surface area contributed by atoms with Crippen LogP contribution in [0.3, 0.4) is 0 Å². The lowest BCUT2D eigenvalue weighted by Crippen LogP contribution is -2.39. The highest BCUT2D eigenvalue weighted by Gasteiger charge is 2.22. The van der Waals surface area contributed by atoms with E-state index in [0.29, 0.717) is 24.3 Å². The lowest BCUT2D eigenvalue weighted by atomic mass is 10.0. The molecule has 7 heteroatoms. The fraction of sp³-hybridized carbons (Fsp3) is 0.381. The van der Waals surface area contributed by atoms with E-state index in [9.17, 15) is 13.2 Å². The van der Waals surface area contributed by atoms with Crippen molar-refractivity contribution in [2.75, 3.05) is 13.4 Å². The molecule has 0 unspecified atom stereocenters. The summed E-state index contributed by atoms with van der Waals surface area (Å²) in [5.41, 5.74) is 0.850. The molecule has 1 N–H and O–H groups in total. The number of amides is 1. The van der Waals surface area contributed by atoms with Crippen molar-refractivity contribution >= 4 is 15.7 Å². The van der Waals surface area contributed by atoms with Crippen molar-refractivity contribution < 1.29 is 22.7 Å². The van der Waals surface area contributed by atoms with Crippen LogP contribution >= 0.6 is 0 Å². The van der Waals surface area contributed by atoms with Crippen LogP contribution in [0.4, 0.5) is 0 Å². The molecule has 0 aliphatic rings. The third-order valence-electron chi connectivity index (χ3n) is 4.44. The summed E-state index contributed by atoms with van der Waals surface area (Å²) in [7, 11) is -1.66. The van der Waals surface area contributed by atoms with Crippen LogP contribution in [-0.2, 0) is 14.6 Å². The predicted octanol–water partition coefficient (Wildman–Crippen LogP) is 3.52. The van der Waals surface area contributed by atoms with Gasteiger partial charge in [0.1, 0.15) is 11.5 Å². The van der Waals surface area contributed by atoms with E-state index in [0.717, 1.165) is 5.56 Å². The van der Waals surface area contributed by atoms with Gasteiger partial charge in [0.2, 0.25) is 0 Å². The van der Waals surface area contributed by atoms with Crippen molar-refractivity contribution in [1.82, 2.24) is 5.32 Å². The molecule has 0 aliphatic heterocycles. The number of hydrogen-bond donors (Lipinski definition) is 1. The maximum absolute atomic E-state index is 12.7. The van der Waals surface area contributed by atoms with E-state index in [2.05, 4.69) is 5.32 Å². The molecule has 0 fully saturated rings. The third kappa shape index (κ3) is 5.73. The maximum atomic E-state index is 12.7. The number of carbonyl (C=O) groups excluding carboxylic acids is 1. The average Bonchev–Trinajstić information content (AvgIpc) is 2.70. The quantitative estimate of drug-likeness (QED) is 0.690. The zero-order chi connectivity index (χ0) is 20.7. The lowest BCUT2D eigenvalue weighted by Gasteiger charge is -2.22. The van der Waals surface area contributed by atoms with Crippen LogP contribution in [0.15, 0.2) is 53.4 Å². The summed E-state index contributed by atoms with van der Waals surface area (Å²) < 4.78 is 34.2. The Hall–Kier alpha value is -2.54. The van der Waals surface area contributed by atoms with Crippen LogP contribution in [0.5, 0.6) is 11.5 Å². The van der Waals surface area contributed by atoms with Crippen LogP contribution in [0, 0.1) is 0 Å². The molecule has 2 aromatic carbocycles. The van der Waals surface area contributed by atoms with Gasteiger partial charge in [-0.3, -0.25) is 4.79 Å². The zero-order valence-corrected chi connectivity index (χ0v) is 17.5. The van der Waals surface area contributed by atoms with E-state index >= 15 is 0 Å². The van der Waals surface area contributed by atoms with Crippen LogP contribution < -0.4 is 14.8 Å². The van der Waals surface area contributed by atoms with Crippen LogP contribution in [-0.4, -0.2) is 33.8 Å². The highest BCUT2D eigenvalue weighted by Crippen LogP contribution is 2.22. The molecular formula is C21H27NO5S. The van der Waals surface area contributed by atoms with Crippen LogP contribution in [0.1, 0.15) is 38.3 Å². The smallest absolute Gasteiger partial charge is 0.261 e. The first-order valence-corrected chi connectivity index (χ1v) is 11.1. The molecule has 28 heavy (non-hydrogen) atoms. The average molecular weight is 406 g/mol. The Kier molecular flexibility index (Phi) is 7.45. The SMILES string of the molecule is CC[C@H](NC(=O)[C@@H](CC)Oc1ccc(OC)cc1)c1ccc(S(C)(=O)=O)cc1. The van der Waals surface area contributed by atoms with Gasteiger partial charge in [-0.25, -0.2) is 8.42 Å². The van der Waals surface area contributed by atoms with Crippen molar-refractivity contribution in [3.8, 4) is 11.5 Å². The molecule has 6 nitrogen and oxygen atoms in total. The van der Waals surface area contributed by atoms with Gasteiger partial charge in [0.15, 0.2) is 15.9 Å². The van der Waals surface area contributed by atoms with Crippen LogP contribution in [0.2, 0.25) is 0 Å². The van der Waals surface area contributed by atoms with E-state index < -0.39 is 15.9 Å². The molecule has 0 aliphatic carbocycles. The second kappa shape index (κ2) is 9.59. The fourth-order valence-electron chi connectivity index (χ4n) is 2.77. The molecule has 0 heterocycles. The predicted molar refractivity (Wildman–Crippen MR) is 108 cm³/mol. The van der Waals surface area contributed by atoms with Gasteiger partial charge in [0.25, 0.3) is 5.91 Å². The van der Waals surface area contributed by atoms with E-state index in [1.807, 2.05) is 13.8 Å². The number of nitrogens with one attached hydrogen (secondary N) is 1. The molecule has 0 saturated carbocycles. The molecule has 152 valence electrons. The summed E-state index contributed by atoms with van der Waals surface area (Å²) in [6.07, 6.45) is 1.73. The van der Waals surface area contributed by atoms with E-state index in [4.69, 9.17) is 9.47 Å². The highest BCUT2D eigenvalue weighted by atomic mass is 32.2. The van der Waals surface area contributed by atoms with Gasteiger partial charge >= 0.3 is 0 Å². The molecule has 2 aromatic rings. The Balaban J connectivity index is 2.07. The van der Waals surface area contributed by atoms with E-state index in [1.54, 1.807) is 55.6 Å². The number of rotatable bonds is 9. The topological polar surface area (TPSA) is 81.7 Å². The first-order valence-electron chi connectivity index (χ1n) is 9.19. The molecule has 2 rings (SSSR count). The van der Waals surface area contributed by atoms with Crippen molar-refractivity contribution in [3.63, 3.8) is 0 Å². The van der Waals surface area contributed by atoms with Crippen LogP contribution in [0.25, 0.3) is 0 Å². The molecule has 0 saturated heterocycles. The Morgan fingerprint density at radius 2 is 1.54 bits per heavy atom. The summed E-state index contributed by atoms with van der Waals surface area (Å²) >= 11 is 0. The van der Waals surface area contributed by atoms with E-state index in [-0.39, 0.29) is 16.8 Å². The van der Waals surface area contributed by atoms with Crippen molar-refractivity contribution in [2.45, 2.75) is 43.7 Å². The number of methoxy groups -OCH3 is 1. The minimum absolute atomic E-state index is 0.211. The highest BCUT2D eigenvalue weighted by molar-refractivity contribution is 7.90. The van der Waals surface area contributed by atoms with Crippen molar-refractivity contribution in [2.24, 2.45) is 0 Å². The molecule has 0 aromatic heterocycles. The minimum atomic E-state index is -3.25. The molecule has 1 amide bonds. The Bertz CT molecular complexity index is 876. The summed E-state index contributed by atoms with van der Waals surface area (Å²) in [6, 6.07) is 13.4. The standard InChI is InChI=1S/C21H27NO5S/c1-5-19(15-7-13-18(14-8-15)28(4,24)25)22-21(23)20(6-2)27-17-11-9-16(26-3)10-12-17/h7-14,19-20H,5-6H2,1-4H3,(H,22,23)/t19-,20+/m0/s1. The fourth-order valence-corrected chi connectivity index (χ4v) is 3.40. The first kappa shape index (κ1) is 21.8. The second-order valence-corrected chi connectivity index (χ2v) is 8.52. The lowest BCUT2D eigenvalue weighted by molar-refractivity contribution is -0.128. The maximum Gasteiger partial charge on any atom is 0.261 e. The summed E-state index contributed by atoms with van der Waals surface area (Å²) in [5, 5.41) is 3.00. The molecular weight excluding hydrogens is 378 g/mol. The van der Waals surface area contributed by atoms with Gasteiger partial charge in [-0.05, 0) is 54.8 Å². The molecule has 0 spiro atoms. The number of benzene rings is 2. The first-order chi connectivity index (χ1) is 13.3. The second-order valence-electron chi connectivity index (χ2n) is 6.50. The molecule has 0 radical (unpaired) electrons. The number of carbonyl (C=O) groups is 1. The normalized spacial score (nSPS) is 13.4. The summed E-state index contributed by atoms with van der Waals surface area (Å²) in [5.74, 6) is 1.10. The Morgan fingerprint density at radius 3 is 2.00 bits per heavy atom. The van der Waals surface area contributed by atoms with Gasteiger partial charge in [-0.1, -0.05) is 26.0 Å².